The van der Waals surface area contributed by atoms with E-state index in [-0.39, 0.29) is 6.03 Å². The third-order valence-electron chi connectivity index (χ3n) is 6.40. The van der Waals surface area contributed by atoms with E-state index in [1.807, 2.05) is 109 Å². The number of aromatic nitrogens is 1. The third-order valence-corrected chi connectivity index (χ3v) is 6.40. The number of aryl methyl sites for hydroxylation is 1. The van der Waals surface area contributed by atoms with Crippen LogP contribution in [0.15, 0.2) is 109 Å². The topological polar surface area (TPSA) is 57.4 Å². The van der Waals surface area contributed by atoms with Crippen LogP contribution in [-0.2, 0) is 19.6 Å². The van der Waals surface area contributed by atoms with Gasteiger partial charge in [0.2, 0.25) is 0 Å². The molecule has 5 rings (SSSR count). The molecular weight excluding hydrogens is 458 g/mol. The predicted molar refractivity (Wildman–Crippen MR) is 150 cm³/mol. The standard InChI is InChI=1S/C32H31N3O2/c1-24-9-7-13-28(19-24)34-32(36)35(18-17-27-21-33-31-16-6-5-15-30(27)31)22-26-12-8-14-29(20-26)37-23-25-10-3-2-4-11-25/h2-16,19-21,33H,17-18,22-23H2,1H3,(H,34,36). The normalized spacial score (nSPS) is 10.8. The number of rotatable bonds is 9. The van der Waals surface area contributed by atoms with Gasteiger partial charge in [0.1, 0.15) is 12.4 Å². The first-order valence-electron chi connectivity index (χ1n) is 12.6. The van der Waals surface area contributed by atoms with Gasteiger partial charge < -0.3 is 19.9 Å². The summed E-state index contributed by atoms with van der Waals surface area (Å²) in [4.78, 5) is 18.6. The van der Waals surface area contributed by atoms with E-state index in [1.165, 1.54) is 10.9 Å². The number of benzene rings is 4. The maximum absolute atomic E-state index is 13.4. The minimum absolute atomic E-state index is 0.124. The molecule has 0 spiro atoms. The Morgan fingerprint density at radius 3 is 2.51 bits per heavy atom. The molecule has 0 saturated heterocycles. The number of amides is 2. The second kappa shape index (κ2) is 11.5. The van der Waals surface area contributed by atoms with Crippen LogP contribution in [0.2, 0.25) is 0 Å². The van der Waals surface area contributed by atoms with Crippen molar-refractivity contribution < 1.29 is 9.53 Å². The van der Waals surface area contributed by atoms with Crippen LogP contribution in [0.1, 0.15) is 22.3 Å². The van der Waals surface area contributed by atoms with Gasteiger partial charge in [0.25, 0.3) is 0 Å². The van der Waals surface area contributed by atoms with Gasteiger partial charge in [-0.25, -0.2) is 4.79 Å². The van der Waals surface area contributed by atoms with Gasteiger partial charge in [-0.2, -0.15) is 0 Å². The number of nitrogens with zero attached hydrogens (tertiary/aromatic N) is 1. The van der Waals surface area contributed by atoms with Gasteiger partial charge in [-0.1, -0.05) is 72.8 Å². The van der Waals surface area contributed by atoms with Gasteiger partial charge in [0.05, 0.1) is 0 Å². The molecule has 0 saturated carbocycles. The van der Waals surface area contributed by atoms with Crippen molar-refractivity contribution in [3.8, 4) is 5.75 Å². The maximum Gasteiger partial charge on any atom is 0.322 e. The van der Waals surface area contributed by atoms with Crippen molar-refractivity contribution in [1.29, 1.82) is 0 Å². The Morgan fingerprint density at radius 1 is 0.865 bits per heavy atom. The number of para-hydroxylation sites is 1. The van der Waals surface area contributed by atoms with Gasteiger partial charge in [0.15, 0.2) is 0 Å². The summed E-state index contributed by atoms with van der Waals surface area (Å²) in [7, 11) is 0. The fourth-order valence-corrected chi connectivity index (χ4v) is 4.47. The summed E-state index contributed by atoms with van der Waals surface area (Å²) in [5.41, 5.74) is 6.34. The predicted octanol–water partition coefficient (Wildman–Crippen LogP) is 7.33. The molecule has 0 radical (unpaired) electrons. The number of ether oxygens (including phenoxy) is 1. The van der Waals surface area contributed by atoms with E-state index in [0.29, 0.717) is 19.7 Å². The average molecular weight is 490 g/mol. The van der Waals surface area contributed by atoms with Gasteiger partial charge in [-0.3, -0.25) is 0 Å². The smallest absolute Gasteiger partial charge is 0.322 e. The molecule has 0 bridgehead atoms. The Morgan fingerprint density at radius 2 is 1.65 bits per heavy atom. The van der Waals surface area contributed by atoms with E-state index in [4.69, 9.17) is 4.74 Å². The monoisotopic (exact) mass is 489 g/mol. The molecule has 37 heavy (non-hydrogen) atoms. The van der Waals surface area contributed by atoms with Crippen molar-refractivity contribution in [3.05, 3.63) is 132 Å². The number of hydrogen-bond donors (Lipinski definition) is 2. The van der Waals surface area contributed by atoms with E-state index in [2.05, 4.69) is 22.4 Å². The van der Waals surface area contributed by atoms with Crippen molar-refractivity contribution in [3.63, 3.8) is 0 Å². The lowest BCUT2D eigenvalue weighted by atomic mass is 10.1. The van der Waals surface area contributed by atoms with Crippen LogP contribution < -0.4 is 10.1 Å². The number of urea groups is 1. The Balaban J connectivity index is 1.32. The summed E-state index contributed by atoms with van der Waals surface area (Å²) >= 11 is 0. The number of carbonyl (C=O) groups excluding carboxylic acids is 1. The quantitative estimate of drug-likeness (QED) is 0.228. The summed E-state index contributed by atoms with van der Waals surface area (Å²) in [5.74, 6) is 0.789. The number of hydrogen-bond acceptors (Lipinski definition) is 2. The third kappa shape index (κ3) is 6.39. The lowest BCUT2D eigenvalue weighted by Crippen LogP contribution is -2.36. The van der Waals surface area contributed by atoms with Crippen LogP contribution in [0.3, 0.4) is 0 Å². The Labute approximate surface area is 217 Å². The fourth-order valence-electron chi connectivity index (χ4n) is 4.47. The molecule has 1 heterocycles. The number of nitrogens with one attached hydrogen (secondary N) is 2. The summed E-state index contributed by atoms with van der Waals surface area (Å²) in [6.07, 6.45) is 2.79. The minimum atomic E-state index is -0.124. The van der Waals surface area contributed by atoms with Gasteiger partial charge in [0, 0.05) is 35.9 Å². The van der Waals surface area contributed by atoms with Crippen LogP contribution >= 0.6 is 0 Å². The lowest BCUT2D eigenvalue weighted by molar-refractivity contribution is 0.209. The molecule has 0 aliphatic rings. The molecule has 0 fully saturated rings. The zero-order valence-electron chi connectivity index (χ0n) is 21.0. The molecule has 2 amide bonds. The number of fused-ring (bicyclic) bond motifs is 1. The maximum atomic E-state index is 13.4. The first kappa shape index (κ1) is 24.2. The average Bonchev–Trinajstić information content (AvgIpc) is 3.34. The van der Waals surface area contributed by atoms with E-state index in [0.717, 1.165) is 40.1 Å². The minimum Gasteiger partial charge on any atom is -0.489 e. The molecule has 4 aromatic carbocycles. The van der Waals surface area contributed by atoms with Crippen molar-refractivity contribution in [2.24, 2.45) is 0 Å². The highest BCUT2D eigenvalue weighted by Gasteiger charge is 2.16. The van der Waals surface area contributed by atoms with E-state index < -0.39 is 0 Å². The van der Waals surface area contributed by atoms with Crippen molar-refractivity contribution in [2.45, 2.75) is 26.5 Å². The van der Waals surface area contributed by atoms with Crippen molar-refractivity contribution >= 4 is 22.6 Å². The van der Waals surface area contributed by atoms with E-state index >= 15 is 0 Å². The number of H-pyrrole nitrogens is 1. The summed E-state index contributed by atoms with van der Waals surface area (Å²) in [6, 6.07) is 34.1. The zero-order chi connectivity index (χ0) is 25.5. The van der Waals surface area contributed by atoms with E-state index in [9.17, 15) is 4.79 Å². The molecule has 186 valence electrons. The van der Waals surface area contributed by atoms with Gasteiger partial charge in [-0.05, 0) is 65.9 Å². The van der Waals surface area contributed by atoms with Crippen LogP contribution in [0.5, 0.6) is 5.75 Å². The molecular formula is C32H31N3O2. The van der Waals surface area contributed by atoms with Crippen molar-refractivity contribution in [2.75, 3.05) is 11.9 Å². The molecule has 5 heteroatoms. The summed E-state index contributed by atoms with van der Waals surface area (Å²) in [6.45, 7) is 3.57. The number of carbonyl (C=O) groups is 1. The fraction of sp³-hybridized carbons (Fsp3) is 0.156. The summed E-state index contributed by atoms with van der Waals surface area (Å²) < 4.78 is 6.03. The summed E-state index contributed by atoms with van der Waals surface area (Å²) in [5, 5.41) is 4.27. The highest BCUT2D eigenvalue weighted by atomic mass is 16.5. The molecule has 2 N–H and O–H groups in total. The van der Waals surface area contributed by atoms with Crippen LogP contribution in [0.25, 0.3) is 10.9 Å². The second-order valence-corrected chi connectivity index (χ2v) is 9.25. The molecule has 5 nitrogen and oxygen atoms in total. The number of aromatic amines is 1. The first-order chi connectivity index (χ1) is 18.1. The molecule has 0 atom stereocenters. The highest BCUT2D eigenvalue weighted by molar-refractivity contribution is 5.89. The molecule has 1 aromatic heterocycles. The molecule has 5 aromatic rings. The first-order valence-corrected chi connectivity index (χ1v) is 12.6. The highest BCUT2D eigenvalue weighted by Crippen LogP contribution is 2.21. The molecule has 0 aliphatic heterocycles. The zero-order valence-corrected chi connectivity index (χ0v) is 21.0. The molecule has 0 unspecified atom stereocenters. The van der Waals surface area contributed by atoms with Crippen LogP contribution in [-0.4, -0.2) is 22.5 Å². The Bertz CT molecular complexity index is 1480. The second-order valence-electron chi connectivity index (χ2n) is 9.25. The lowest BCUT2D eigenvalue weighted by Gasteiger charge is -2.24. The number of anilines is 1. The van der Waals surface area contributed by atoms with Crippen LogP contribution in [0.4, 0.5) is 10.5 Å². The van der Waals surface area contributed by atoms with E-state index in [1.54, 1.807) is 0 Å². The van der Waals surface area contributed by atoms with Gasteiger partial charge in [-0.15, -0.1) is 0 Å². The Hall–Kier alpha value is -4.51. The van der Waals surface area contributed by atoms with Crippen molar-refractivity contribution in [1.82, 2.24) is 9.88 Å². The molecule has 0 aliphatic carbocycles. The SMILES string of the molecule is Cc1cccc(NC(=O)N(CCc2c[nH]c3ccccc23)Cc2cccc(OCc3ccccc3)c2)c1. The Kier molecular flexibility index (Phi) is 7.51. The van der Waals surface area contributed by atoms with Gasteiger partial charge >= 0.3 is 6.03 Å². The largest absolute Gasteiger partial charge is 0.489 e. The van der Waals surface area contributed by atoms with Crippen LogP contribution in [0, 0.1) is 6.92 Å².